The van der Waals surface area contributed by atoms with Crippen molar-refractivity contribution in [1.29, 1.82) is 0 Å². The molecule has 0 aliphatic carbocycles. The second kappa shape index (κ2) is 5.06. The normalized spacial score (nSPS) is 36.2. The predicted molar refractivity (Wildman–Crippen MR) is 71.6 cm³/mol. The molecule has 3 nitrogen and oxygen atoms in total. The lowest BCUT2D eigenvalue weighted by molar-refractivity contribution is 0.00493. The Labute approximate surface area is 110 Å². The zero-order chi connectivity index (χ0) is 13.4. The molecule has 0 aromatic rings. The van der Waals surface area contributed by atoms with Gasteiger partial charge in [-0.25, -0.2) is 4.39 Å². The van der Waals surface area contributed by atoms with E-state index in [0.29, 0.717) is 25.6 Å². The maximum Gasteiger partial charge on any atom is 0.137 e. The summed E-state index contributed by atoms with van der Waals surface area (Å²) in [7, 11) is 0. The molecule has 2 fully saturated rings. The maximum absolute atomic E-state index is 15.0. The van der Waals surface area contributed by atoms with Gasteiger partial charge in [-0.15, -0.1) is 0 Å². The third-order valence-corrected chi connectivity index (χ3v) is 4.12. The van der Waals surface area contributed by atoms with Gasteiger partial charge >= 0.3 is 0 Å². The van der Waals surface area contributed by atoms with Gasteiger partial charge in [0.25, 0.3) is 0 Å². The van der Waals surface area contributed by atoms with Crippen LogP contribution in [-0.4, -0.2) is 66.4 Å². The molecule has 2 aliphatic rings. The third-order valence-electron chi connectivity index (χ3n) is 4.12. The lowest BCUT2D eigenvalue weighted by atomic mass is 10.0. The Hall–Kier alpha value is -0.190. The SMILES string of the molecule is C[C@@H]1CC(F)(CN2CCOCC2)CN1C(C)(C)C. The summed E-state index contributed by atoms with van der Waals surface area (Å²) in [6, 6.07) is 0.330. The smallest absolute Gasteiger partial charge is 0.137 e. The van der Waals surface area contributed by atoms with E-state index in [1.54, 1.807) is 0 Å². The van der Waals surface area contributed by atoms with Crippen molar-refractivity contribution < 1.29 is 9.13 Å². The quantitative estimate of drug-likeness (QED) is 0.752. The number of hydrogen-bond acceptors (Lipinski definition) is 3. The molecule has 2 rings (SSSR count). The molecule has 0 aromatic carbocycles. The Balaban J connectivity index is 1.96. The molecule has 106 valence electrons. The average molecular weight is 258 g/mol. The van der Waals surface area contributed by atoms with Gasteiger partial charge in [0.2, 0.25) is 0 Å². The number of nitrogens with zero attached hydrogens (tertiary/aromatic N) is 2. The minimum Gasteiger partial charge on any atom is -0.379 e. The summed E-state index contributed by atoms with van der Waals surface area (Å²) in [5.41, 5.74) is -0.998. The van der Waals surface area contributed by atoms with Crippen molar-refractivity contribution in [3.05, 3.63) is 0 Å². The highest BCUT2D eigenvalue weighted by atomic mass is 19.1. The minimum atomic E-state index is -1.05. The summed E-state index contributed by atoms with van der Waals surface area (Å²) >= 11 is 0. The van der Waals surface area contributed by atoms with E-state index in [0.717, 1.165) is 26.3 Å². The highest BCUT2D eigenvalue weighted by Gasteiger charge is 2.46. The fourth-order valence-corrected chi connectivity index (χ4v) is 3.34. The van der Waals surface area contributed by atoms with Crippen LogP contribution in [0.5, 0.6) is 0 Å². The van der Waals surface area contributed by atoms with Crippen molar-refractivity contribution in [3.8, 4) is 0 Å². The first-order valence-corrected chi connectivity index (χ1v) is 7.06. The van der Waals surface area contributed by atoms with E-state index in [2.05, 4.69) is 37.5 Å². The van der Waals surface area contributed by atoms with Gasteiger partial charge < -0.3 is 4.74 Å². The van der Waals surface area contributed by atoms with E-state index in [1.165, 1.54) is 0 Å². The van der Waals surface area contributed by atoms with E-state index < -0.39 is 5.67 Å². The molecule has 0 aromatic heterocycles. The first kappa shape index (κ1) is 14.2. The Morgan fingerprint density at radius 2 is 1.89 bits per heavy atom. The van der Waals surface area contributed by atoms with Crippen LogP contribution >= 0.6 is 0 Å². The van der Waals surface area contributed by atoms with Gasteiger partial charge in [-0.3, -0.25) is 9.80 Å². The molecular weight excluding hydrogens is 231 g/mol. The highest BCUT2D eigenvalue weighted by Crippen LogP contribution is 2.36. The third kappa shape index (κ3) is 3.22. The number of likely N-dealkylation sites (tertiary alicyclic amines) is 1. The van der Waals surface area contributed by atoms with E-state index in [-0.39, 0.29) is 5.54 Å². The van der Waals surface area contributed by atoms with Crippen LogP contribution in [0.4, 0.5) is 4.39 Å². The lowest BCUT2D eigenvalue weighted by Gasteiger charge is -2.36. The fraction of sp³-hybridized carbons (Fsp3) is 1.00. The first-order chi connectivity index (χ1) is 8.30. The van der Waals surface area contributed by atoms with Crippen LogP contribution in [0, 0.1) is 0 Å². The summed E-state index contributed by atoms with van der Waals surface area (Å²) < 4.78 is 20.3. The largest absolute Gasteiger partial charge is 0.379 e. The number of morpholine rings is 1. The Kier molecular flexibility index (Phi) is 4.00. The van der Waals surface area contributed by atoms with Crippen molar-refractivity contribution in [2.45, 2.75) is 51.4 Å². The second-order valence-corrected chi connectivity index (χ2v) is 6.89. The fourth-order valence-electron chi connectivity index (χ4n) is 3.34. The van der Waals surface area contributed by atoms with Gasteiger partial charge in [-0.05, 0) is 34.1 Å². The Morgan fingerprint density at radius 3 is 2.39 bits per heavy atom. The van der Waals surface area contributed by atoms with Crippen molar-refractivity contribution in [3.63, 3.8) is 0 Å². The molecule has 0 bridgehead atoms. The minimum absolute atomic E-state index is 0.0538. The summed E-state index contributed by atoms with van der Waals surface area (Å²) in [5, 5.41) is 0. The monoisotopic (exact) mass is 258 g/mol. The predicted octanol–water partition coefficient (Wildman–Crippen LogP) is 1.92. The van der Waals surface area contributed by atoms with Crippen LogP contribution in [0.15, 0.2) is 0 Å². The molecule has 2 heterocycles. The number of rotatable bonds is 2. The molecule has 1 unspecified atom stereocenters. The molecule has 0 saturated carbocycles. The zero-order valence-corrected chi connectivity index (χ0v) is 12.2. The summed E-state index contributed by atoms with van der Waals surface area (Å²) in [6.07, 6.45) is 0.654. The van der Waals surface area contributed by atoms with Crippen molar-refractivity contribution in [1.82, 2.24) is 9.80 Å². The van der Waals surface area contributed by atoms with Crippen molar-refractivity contribution in [2.75, 3.05) is 39.4 Å². The highest BCUT2D eigenvalue weighted by molar-refractivity contribution is 5.01. The van der Waals surface area contributed by atoms with Crippen LogP contribution in [-0.2, 0) is 4.74 Å². The van der Waals surface area contributed by atoms with E-state index >= 15 is 4.39 Å². The molecule has 2 saturated heterocycles. The van der Waals surface area contributed by atoms with E-state index in [4.69, 9.17) is 4.74 Å². The van der Waals surface area contributed by atoms with Gasteiger partial charge in [0, 0.05) is 37.8 Å². The van der Waals surface area contributed by atoms with Crippen LogP contribution in [0.25, 0.3) is 0 Å². The van der Waals surface area contributed by atoms with Crippen LogP contribution in [0.2, 0.25) is 0 Å². The molecule has 4 heteroatoms. The molecule has 0 radical (unpaired) electrons. The first-order valence-electron chi connectivity index (χ1n) is 7.06. The molecule has 2 atom stereocenters. The number of alkyl halides is 1. The topological polar surface area (TPSA) is 15.7 Å². The summed E-state index contributed by atoms with van der Waals surface area (Å²) in [6.45, 7) is 13.0. The second-order valence-electron chi connectivity index (χ2n) is 6.89. The molecule has 2 aliphatic heterocycles. The van der Waals surface area contributed by atoms with Crippen molar-refractivity contribution >= 4 is 0 Å². The standard InChI is InChI=1S/C14H27FN2O/c1-12-9-14(15,11-17(12)13(2,3)4)10-16-5-7-18-8-6-16/h12H,5-11H2,1-4H3/t12-,14?/m1/s1. The zero-order valence-electron chi connectivity index (χ0n) is 12.2. The number of halogens is 1. The number of hydrogen-bond donors (Lipinski definition) is 0. The van der Waals surface area contributed by atoms with E-state index in [1.807, 2.05) is 0 Å². The summed E-state index contributed by atoms with van der Waals surface area (Å²) in [5.74, 6) is 0. The van der Waals surface area contributed by atoms with Crippen molar-refractivity contribution in [2.24, 2.45) is 0 Å². The Bertz CT molecular complexity index is 286. The summed E-state index contributed by atoms with van der Waals surface area (Å²) in [4.78, 5) is 4.51. The Morgan fingerprint density at radius 1 is 1.28 bits per heavy atom. The molecule has 0 N–H and O–H groups in total. The maximum atomic E-state index is 15.0. The van der Waals surface area contributed by atoms with Gasteiger partial charge in [-0.1, -0.05) is 0 Å². The molecule has 18 heavy (non-hydrogen) atoms. The van der Waals surface area contributed by atoms with Gasteiger partial charge in [0.15, 0.2) is 0 Å². The van der Waals surface area contributed by atoms with Crippen LogP contribution in [0.1, 0.15) is 34.1 Å². The van der Waals surface area contributed by atoms with Crippen LogP contribution in [0.3, 0.4) is 0 Å². The van der Waals surface area contributed by atoms with Gasteiger partial charge in [-0.2, -0.15) is 0 Å². The average Bonchev–Trinajstić information content (AvgIpc) is 2.55. The van der Waals surface area contributed by atoms with Gasteiger partial charge in [0.1, 0.15) is 5.67 Å². The van der Waals surface area contributed by atoms with Crippen LogP contribution < -0.4 is 0 Å². The molecule has 0 amide bonds. The molecule has 0 spiro atoms. The lowest BCUT2D eigenvalue weighted by Crippen LogP contribution is -2.48. The molecular formula is C14H27FN2O. The number of ether oxygens (including phenoxy) is 1. The van der Waals surface area contributed by atoms with E-state index in [9.17, 15) is 0 Å². The van der Waals surface area contributed by atoms with Gasteiger partial charge in [0.05, 0.1) is 13.2 Å².